The second-order valence-corrected chi connectivity index (χ2v) is 8.60. The molecule has 3 nitrogen and oxygen atoms in total. The highest BCUT2D eigenvalue weighted by Gasteiger charge is 2.33. The van der Waals surface area contributed by atoms with E-state index in [0.29, 0.717) is 17.9 Å². The first-order chi connectivity index (χ1) is 15.9. The van der Waals surface area contributed by atoms with E-state index in [0.717, 1.165) is 43.5 Å². The summed E-state index contributed by atoms with van der Waals surface area (Å²) in [5, 5.41) is -0.181. The van der Waals surface area contributed by atoms with Crippen molar-refractivity contribution >= 4 is 17.6 Å². The first-order valence-corrected chi connectivity index (χ1v) is 11.1. The lowest BCUT2D eigenvalue weighted by molar-refractivity contribution is -0.153. The Kier molecular flexibility index (Phi) is 8.06. The summed E-state index contributed by atoms with van der Waals surface area (Å²) in [5.74, 6) is -1.24. The van der Waals surface area contributed by atoms with Crippen LogP contribution in [0, 0.1) is 5.92 Å². The molecule has 0 N–H and O–H groups in total. The zero-order valence-corrected chi connectivity index (χ0v) is 19.0. The average Bonchev–Trinajstić information content (AvgIpc) is 2.70. The van der Waals surface area contributed by atoms with E-state index in [9.17, 15) is 31.1 Å². The molecule has 1 atom stereocenters. The van der Waals surface area contributed by atoms with Gasteiger partial charge in [0.05, 0.1) is 23.1 Å². The van der Waals surface area contributed by atoms with Gasteiger partial charge in [-0.2, -0.15) is 26.3 Å². The molecule has 1 saturated carbocycles. The summed E-state index contributed by atoms with van der Waals surface area (Å²) < 4.78 is 87.6. The maximum atomic E-state index is 13.0. The molecule has 0 spiro atoms. The number of halogens is 7. The van der Waals surface area contributed by atoms with Crippen molar-refractivity contribution in [2.24, 2.45) is 5.92 Å². The van der Waals surface area contributed by atoms with Crippen molar-refractivity contribution in [3.8, 4) is 16.9 Å². The van der Waals surface area contributed by atoms with Gasteiger partial charge in [-0.3, -0.25) is 4.79 Å². The summed E-state index contributed by atoms with van der Waals surface area (Å²) in [4.78, 5) is 12.7. The molecule has 2 aromatic carbocycles. The van der Waals surface area contributed by atoms with Crippen molar-refractivity contribution in [1.82, 2.24) is 0 Å². The minimum Gasteiger partial charge on any atom is -0.482 e. The standard InChI is InChI=1S/C24H23ClF6O3/c1-2-33-22(32)19(10-14-4-3-5-14)16-11-18(15-6-8-17(9-7-15)24(29,30)31)21(20(25)12-16)34-13-23(26,27)28/h6-9,11-12,14,19H,2-5,10,13H2,1H3. The van der Waals surface area contributed by atoms with Gasteiger partial charge >= 0.3 is 18.3 Å². The Bertz CT molecular complexity index is 997. The zero-order valence-electron chi connectivity index (χ0n) is 18.2. The third-order valence-electron chi connectivity index (χ3n) is 5.74. The minimum absolute atomic E-state index is 0.0587. The first kappa shape index (κ1) is 26.2. The maximum Gasteiger partial charge on any atom is 0.422 e. The van der Waals surface area contributed by atoms with Crippen LogP contribution in [0.2, 0.25) is 5.02 Å². The number of benzene rings is 2. The fourth-order valence-corrected chi connectivity index (χ4v) is 4.12. The number of rotatable bonds is 8. The monoisotopic (exact) mass is 508 g/mol. The minimum atomic E-state index is -4.66. The summed E-state index contributed by atoms with van der Waals surface area (Å²) in [6, 6.07) is 6.71. The predicted molar refractivity (Wildman–Crippen MR) is 115 cm³/mol. The summed E-state index contributed by atoms with van der Waals surface area (Å²) >= 11 is 6.30. The molecule has 2 aromatic rings. The summed E-state index contributed by atoms with van der Waals surface area (Å²) in [7, 11) is 0. The van der Waals surface area contributed by atoms with Crippen molar-refractivity contribution in [2.75, 3.05) is 13.2 Å². The SMILES string of the molecule is CCOC(=O)C(CC1CCC1)c1cc(Cl)c(OCC(F)(F)F)c(-c2ccc(C(F)(F)F)cc2)c1. The van der Waals surface area contributed by atoms with Crippen molar-refractivity contribution in [3.05, 3.63) is 52.5 Å². The quantitative estimate of drug-likeness (QED) is 0.269. The van der Waals surface area contributed by atoms with Gasteiger partial charge in [-0.05, 0) is 54.7 Å². The zero-order chi connectivity index (χ0) is 25.1. The van der Waals surface area contributed by atoms with Crippen LogP contribution in [0.25, 0.3) is 11.1 Å². The second kappa shape index (κ2) is 10.5. The van der Waals surface area contributed by atoms with E-state index < -0.39 is 36.4 Å². The molecule has 1 aliphatic carbocycles. The van der Waals surface area contributed by atoms with Crippen LogP contribution in [0.15, 0.2) is 36.4 Å². The van der Waals surface area contributed by atoms with E-state index in [1.54, 1.807) is 6.92 Å². The molecule has 0 amide bonds. The lowest BCUT2D eigenvalue weighted by Gasteiger charge is -2.29. The molecule has 0 aromatic heterocycles. The molecular weight excluding hydrogens is 486 g/mol. The van der Waals surface area contributed by atoms with E-state index >= 15 is 0 Å². The fourth-order valence-electron chi connectivity index (χ4n) is 3.84. The normalized spacial score (nSPS) is 15.5. The molecule has 1 unspecified atom stereocenters. The number of ether oxygens (including phenoxy) is 2. The van der Waals surface area contributed by atoms with Crippen molar-refractivity contribution in [1.29, 1.82) is 0 Å². The van der Waals surface area contributed by atoms with Gasteiger partial charge in [0.1, 0.15) is 5.75 Å². The Balaban J connectivity index is 2.08. The third kappa shape index (κ3) is 6.58. The fraction of sp³-hybridized carbons (Fsp3) is 0.458. The van der Waals surface area contributed by atoms with Gasteiger partial charge in [-0.1, -0.05) is 43.0 Å². The number of esters is 1. The molecule has 186 valence electrons. The van der Waals surface area contributed by atoms with E-state index in [1.807, 2.05) is 0 Å². The molecule has 0 heterocycles. The number of hydrogen-bond acceptors (Lipinski definition) is 3. The summed E-state index contributed by atoms with van der Waals surface area (Å²) in [6.07, 6.45) is -5.82. The van der Waals surface area contributed by atoms with Crippen molar-refractivity contribution < 1.29 is 40.6 Å². The smallest absolute Gasteiger partial charge is 0.422 e. The van der Waals surface area contributed by atoms with Gasteiger partial charge in [-0.15, -0.1) is 0 Å². The summed E-state index contributed by atoms with van der Waals surface area (Å²) in [6.45, 7) is 0.169. The number of alkyl halides is 6. The highest BCUT2D eigenvalue weighted by atomic mass is 35.5. The van der Waals surface area contributed by atoms with Crippen molar-refractivity contribution in [2.45, 2.75) is 50.9 Å². The van der Waals surface area contributed by atoms with Crippen LogP contribution in [-0.4, -0.2) is 25.4 Å². The average molecular weight is 509 g/mol. The number of hydrogen-bond donors (Lipinski definition) is 0. The van der Waals surface area contributed by atoms with Crippen LogP contribution in [0.1, 0.15) is 49.7 Å². The van der Waals surface area contributed by atoms with Crippen LogP contribution < -0.4 is 4.74 Å². The Morgan fingerprint density at radius 2 is 1.74 bits per heavy atom. The Labute approximate surface area is 198 Å². The third-order valence-corrected chi connectivity index (χ3v) is 6.02. The Morgan fingerprint density at radius 3 is 2.24 bits per heavy atom. The van der Waals surface area contributed by atoms with Gasteiger partial charge in [0.2, 0.25) is 0 Å². The molecule has 1 aliphatic rings. The summed E-state index contributed by atoms with van der Waals surface area (Å²) in [5.41, 5.74) is -0.279. The highest BCUT2D eigenvalue weighted by molar-refractivity contribution is 6.32. The molecular formula is C24H23ClF6O3. The van der Waals surface area contributed by atoms with E-state index in [2.05, 4.69) is 0 Å². The van der Waals surface area contributed by atoms with E-state index in [1.165, 1.54) is 12.1 Å². The van der Waals surface area contributed by atoms with Gasteiger partial charge in [0.15, 0.2) is 6.61 Å². The van der Waals surface area contributed by atoms with Crippen LogP contribution in [-0.2, 0) is 15.7 Å². The van der Waals surface area contributed by atoms with Crippen LogP contribution in [0.3, 0.4) is 0 Å². The predicted octanol–water partition coefficient (Wildman–Crippen LogP) is 7.80. The molecule has 1 fully saturated rings. The molecule has 0 bridgehead atoms. The Hall–Kier alpha value is -2.42. The molecule has 0 saturated heterocycles. The number of carbonyl (C=O) groups is 1. The van der Waals surface area contributed by atoms with Crippen LogP contribution in [0.4, 0.5) is 26.3 Å². The largest absolute Gasteiger partial charge is 0.482 e. The Morgan fingerprint density at radius 1 is 1.09 bits per heavy atom. The second-order valence-electron chi connectivity index (χ2n) is 8.20. The lowest BCUT2D eigenvalue weighted by atomic mass is 9.77. The topological polar surface area (TPSA) is 35.5 Å². The molecule has 34 heavy (non-hydrogen) atoms. The van der Waals surface area contributed by atoms with E-state index in [-0.39, 0.29) is 28.5 Å². The van der Waals surface area contributed by atoms with Crippen molar-refractivity contribution in [3.63, 3.8) is 0 Å². The maximum absolute atomic E-state index is 13.0. The van der Waals surface area contributed by atoms with Gasteiger partial charge < -0.3 is 9.47 Å². The van der Waals surface area contributed by atoms with E-state index in [4.69, 9.17) is 21.1 Å². The lowest BCUT2D eigenvalue weighted by Crippen LogP contribution is -2.23. The number of carbonyl (C=O) groups excluding carboxylic acids is 1. The van der Waals surface area contributed by atoms with Gasteiger partial charge in [-0.25, -0.2) is 0 Å². The van der Waals surface area contributed by atoms with Gasteiger partial charge in [0, 0.05) is 5.56 Å². The van der Waals surface area contributed by atoms with Crippen LogP contribution in [0.5, 0.6) is 5.75 Å². The van der Waals surface area contributed by atoms with Crippen LogP contribution >= 0.6 is 11.6 Å². The molecule has 3 rings (SSSR count). The molecule has 0 radical (unpaired) electrons. The molecule has 10 heteroatoms. The first-order valence-electron chi connectivity index (χ1n) is 10.8. The molecule has 0 aliphatic heterocycles. The highest BCUT2D eigenvalue weighted by Crippen LogP contribution is 2.43. The van der Waals surface area contributed by atoms with Gasteiger partial charge in [0.25, 0.3) is 0 Å².